The monoisotopic (exact) mass is 172 g/mol. The zero-order chi connectivity index (χ0) is 9.30. The SMILES string of the molecule is COC1[C@H](C)OC(C)[C@H](C)[C@@H]1C. The van der Waals surface area contributed by atoms with Gasteiger partial charge < -0.3 is 9.47 Å². The Hall–Kier alpha value is -0.0800. The minimum atomic E-state index is 0.233. The van der Waals surface area contributed by atoms with Crippen molar-refractivity contribution in [3.05, 3.63) is 0 Å². The molecule has 1 saturated heterocycles. The molecule has 0 radical (unpaired) electrons. The zero-order valence-corrected chi connectivity index (χ0v) is 8.70. The van der Waals surface area contributed by atoms with Crippen molar-refractivity contribution in [1.82, 2.24) is 0 Å². The fourth-order valence-electron chi connectivity index (χ4n) is 2.10. The van der Waals surface area contributed by atoms with Gasteiger partial charge in [-0.05, 0) is 25.7 Å². The van der Waals surface area contributed by atoms with Crippen LogP contribution in [0.1, 0.15) is 27.7 Å². The summed E-state index contributed by atoms with van der Waals surface area (Å²) >= 11 is 0. The third-order valence-electron chi connectivity index (χ3n) is 3.25. The molecule has 0 aliphatic carbocycles. The van der Waals surface area contributed by atoms with Gasteiger partial charge in [-0.1, -0.05) is 13.8 Å². The molecule has 0 amide bonds. The molecule has 0 aromatic heterocycles. The maximum atomic E-state index is 5.75. The lowest BCUT2D eigenvalue weighted by Crippen LogP contribution is -2.47. The van der Waals surface area contributed by atoms with Crippen LogP contribution < -0.4 is 0 Å². The molecule has 0 N–H and O–H groups in total. The molecule has 1 aliphatic rings. The second-order valence-corrected chi connectivity index (χ2v) is 3.96. The number of ether oxygens (including phenoxy) is 2. The molecular weight excluding hydrogens is 152 g/mol. The van der Waals surface area contributed by atoms with Gasteiger partial charge in [0.15, 0.2) is 0 Å². The number of rotatable bonds is 1. The lowest BCUT2D eigenvalue weighted by molar-refractivity contribution is -0.165. The van der Waals surface area contributed by atoms with Crippen LogP contribution in [0.4, 0.5) is 0 Å². The van der Waals surface area contributed by atoms with Gasteiger partial charge in [0, 0.05) is 7.11 Å². The average molecular weight is 172 g/mol. The molecule has 2 unspecified atom stereocenters. The Morgan fingerprint density at radius 1 is 0.917 bits per heavy atom. The summed E-state index contributed by atoms with van der Waals surface area (Å²) in [6, 6.07) is 0. The summed E-state index contributed by atoms with van der Waals surface area (Å²) in [6.45, 7) is 8.71. The quantitative estimate of drug-likeness (QED) is 0.603. The van der Waals surface area contributed by atoms with Crippen LogP contribution in [0.3, 0.4) is 0 Å². The molecule has 0 bridgehead atoms. The van der Waals surface area contributed by atoms with E-state index in [9.17, 15) is 0 Å². The van der Waals surface area contributed by atoms with Crippen LogP contribution in [0.2, 0.25) is 0 Å². The minimum Gasteiger partial charge on any atom is -0.378 e. The highest BCUT2D eigenvalue weighted by Gasteiger charge is 2.37. The number of hydrogen-bond donors (Lipinski definition) is 0. The predicted molar refractivity (Wildman–Crippen MR) is 49.1 cm³/mol. The lowest BCUT2D eigenvalue weighted by Gasteiger charge is -2.41. The summed E-state index contributed by atoms with van der Waals surface area (Å²) in [5.74, 6) is 1.18. The van der Waals surface area contributed by atoms with Crippen LogP contribution in [-0.4, -0.2) is 25.4 Å². The Labute approximate surface area is 75.2 Å². The normalized spacial score (nSPS) is 49.2. The fourth-order valence-corrected chi connectivity index (χ4v) is 2.10. The second kappa shape index (κ2) is 3.75. The lowest BCUT2D eigenvalue weighted by atomic mass is 9.82. The summed E-state index contributed by atoms with van der Waals surface area (Å²) in [5.41, 5.74) is 0. The Morgan fingerprint density at radius 3 is 2.00 bits per heavy atom. The van der Waals surface area contributed by atoms with E-state index in [-0.39, 0.29) is 12.2 Å². The van der Waals surface area contributed by atoms with Gasteiger partial charge in [0.25, 0.3) is 0 Å². The number of methoxy groups -OCH3 is 1. The minimum absolute atomic E-state index is 0.233. The summed E-state index contributed by atoms with van der Waals surface area (Å²) in [5, 5.41) is 0. The largest absolute Gasteiger partial charge is 0.378 e. The highest BCUT2D eigenvalue weighted by Crippen LogP contribution is 2.31. The summed E-state index contributed by atoms with van der Waals surface area (Å²) in [4.78, 5) is 0. The summed E-state index contributed by atoms with van der Waals surface area (Å²) in [6.07, 6.45) is 0.855. The topological polar surface area (TPSA) is 18.5 Å². The second-order valence-electron chi connectivity index (χ2n) is 3.96. The van der Waals surface area contributed by atoms with E-state index in [1.807, 2.05) is 0 Å². The van der Waals surface area contributed by atoms with Crippen molar-refractivity contribution in [2.24, 2.45) is 11.8 Å². The van der Waals surface area contributed by atoms with Crippen molar-refractivity contribution in [2.75, 3.05) is 7.11 Å². The molecule has 2 heteroatoms. The summed E-state index contributed by atoms with van der Waals surface area (Å²) in [7, 11) is 1.77. The molecule has 1 aliphatic heterocycles. The van der Waals surface area contributed by atoms with Crippen LogP contribution in [-0.2, 0) is 9.47 Å². The van der Waals surface area contributed by atoms with Gasteiger partial charge in [0.2, 0.25) is 0 Å². The predicted octanol–water partition coefficient (Wildman–Crippen LogP) is 2.08. The van der Waals surface area contributed by atoms with Gasteiger partial charge in [0.05, 0.1) is 18.3 Å². The highest BCUT2D eigenvalue weighted by atomic mass is 16.5. The molecule has 0 saturated carbocycles. The van der Waals surface area contributed by atoms with Crippen molar-refractivity contribution in [1.29, 1.82) is 0 Å². The van der Waals surface area contributed by atoms with Gasteiger partial charge in [0.1, 0.15) is 0 Å². The first-order chi connectivity index (χ1) is 5.57. The average Bonchev–Trinajstić information content (AvgIpc) is 2.01. The van der Waals surface area contributed by atoms with Gasteiger partial charge in [-0.25, -0.2) is 0 Å². The maximum Gasteiger partial charge on any atom is 0.0859 e. The Kier molecular flexibility index (Phi) is 3.13. The van der Waals surface area contributed by atoms with Gasteiger partial charge in [-0.2, -0.15) is 0 Å². The first-order valence-electron chi connectivity index (χ1n) is 4.76. The third-order valence-corrected chi connectivity index (χ3v) is 3.25. The van der Waals surface area contributed by atoms with Crippen LogP contribution in [0.5, 0.6) is 0 Å². The molecule has 1 heterocycles. The van der Waals surface area contributed by atoms with Crippen molar-refractivity contribution in [2.45, 2.75) is 46.0 Å². The first-order valence-corrected chi connectivity index (χ1v) is 4.76. The van der Waals surface area contributed by atoms with Crippen molar-refractivity contribution >= 4 is 0 Å². The van der Waals surface area contributed by atoms with Crippen molar-refractivity contribution in [3.8, 4) is 0 Å². The molecule has 0 aromatic rings. The van der Waals surface area contributed by atoms with Crippen molar-refractivity contribution < 1.29 is 9.47 Å². The zero-order valence-electron chi connectivity index (χ0n) is 8.70. The first kappa shape index (κ1) is 10.0. The van der Waals surface area contributed by atoms with Gasteiger partial charge >= 0.3 is 0 Å². The molecule has 0 spiro atoms. The smallest absolute Gasteiger partial charge is 0.0859 e. The number of hydrogen-bond acceptors (Lipinski definition) is 2. The molecule has 1 fully saturated rings. The highest BCUT2D eigenvalue weighted by molar-refractivity contribution is 4.84. The Bertz CT molecular complexity index is 147. The standard InChI is InChI=1S/C10H20O2/c1-6-7(2)10(11-5)9(4)12-8(6)3/h6-10H,1-5H3/t6-,7+,8?,9+,10?/m1/s1. The third kappa shape index (κ3) is 1.64. The van der Waals surface area contributed by atoms with Crippen LogP contribution >= 0.6 is 0 Å². The van der Waals surface area contributed by atoms with E-state index in [4.69, 9.17) is 9.47 Å². The van der Waals surface area contributed by atoms with E-state index in [1.54, 1.807) is 7.11 Å². The van der Waals surface area contributed by atoms with E-state index in [2.05, 4.69) is 27.7 Å². The van der Waals surface area contributed by atoms with Crippen molar-refractivity contribution in [3.63, 3.8) is 0 Å². The Balaban J connectivity index is 2.65. The van der Waals surface area contributed by atoms with E-state index in [0.29, 0.717) is 17.9 Å². The van der Waals surface area contributed by atoms with E-state index in [1.165, 1.54) is 0 Å². The van der Waals surface area contributed by atoms with Crippen LogP contribution in [0.25, 0.3) is 0 Å². The van der Waals surface area contributed by atoms with E-state index in [0.717, 1.165) is 0 Å². The molecule has 1 rings (SSSR count). The van der Waals surface area contributed by atoms with E-state index >= 15 is 0 Å². The molecule has 12 heavy (non-hydrogen) atoms. The van der Waals surface area contributed by atoms with Crippen LogP contribution in [0, 0.1) is 11.8 Å². The van der Waals surface area contributed by atoms with E-state index < -0.39 is 0 Å². The Morgan fingerprint density at radius 2 is 1.50 bits per heavy atom. The summed E-state index contributed by atoms with van der Waals surface area (Å²) < 4.78 is 11.2. The molecular formula is C10H20O2. The fraction of sp³-hybridized carbons (Fsp3) is 1.00. The van der Waals surface area contributed by atoms with Crippen LogP contribution in [0.15, 0.2) is 0 Å². The molecule has 5 atom stereocenters. The molecule has 72 valence electrons. The van der Waals surface area contributed by atoms with Gasteiger partial charge in [-0.15, -0.1) is 0 Å². The molecule has 0 aromatic carbocycles. The van der Waals surface area contributed by atoms with Gasteiger partial charge in [-0.3, -0.25) is 0 Å². The maximum absolute atomic E-state index is 5.75. The molecule has 2 nitrogen and oxygen atoms in total.